The number of rotatable bonds is 6. The van der Waals surface area contributed by atoms with Gasteiger partial charge in [0.1, 0.15) is 0 Å². The van der Waals surface area contributed by atoms with Gasteiger partial charge in [-0.15, -0.1) is 0 Å². The summed E-state index contributed by atoms with van der Waals surface area (Å²) in [6.07, 6.45) is 0.626. The van der Waals surface area contributed by atoms with Gasteiger partial charge in [-0.1, -0.05) is 30.1 Å². The largest absolute Gasteiger partial charge is 0.481 e. The van der Waals surface area contributed by atoms with E-state index in [2.05, 4.69) is 5.32 Å². The number of aliphatic carboxylic acids is 1. The van der Waals surface area contributed by atoms with Gasteiger partial charge in [0.25, 0.3) is 5.91 Å². The summed E-state index contributed by atoms with van der Waals surface area (Å²) in [5.74, 6) is -0.980. The summed E-state index contributed by atoms with van der Waals surface area (Å²) in [7, 11) is 0. The van der Waals surface area contributed by atoms with Gasteiger partial charge >= 0.3 is 5.97 Å². The van der Waals surface area contributed by atoms with E-state index in [1.807, 2.05) is 6.92 Å². The van der Waals surface area contributed by atoms with Crippen molar-refractivity contribution in [3.05, 3.63) is 33.8 Å². The third-order valence-electron chi connectivity index (χ3n) is 2.64. The molecular formula is C13H15Cl2NO3. The topological polar surface area (TPSA) is 66.4 Å². The molecule has 0 aliphatic rings. The lowest BCUT2D eigenvalue weighted by atomic mass is 10.1. The van der Waals surface area contributed by atoms with Crippen molar-refractivity contribution in [1.29, 1.82) is 0 Å². The number of carbonyl (C=O) groups excluding carboxylic acids is 1. The molecule has 0 spiro atoms. The van der Waals surface area contributed by atoms with Crippen molar-refractivity contribution < 1.29 is 14.7 Å². The maximum atomic E-state index is 11.8. The van der Waals surface area contributed by atoms with Crippen LogP contribution >= 0.6 is 23.2 Å². The Bertz CT molecular complexity index is 477. The molecule has 0 aliphatic heterocycles. The van der Waals surface area contributed by atoms with Gasteiger partial charge in [0.15, 0.2) is 0 Å². The Morgan fingerprint density at radius 3 is 2.58 bits per heavy atom. The predicted octanol–water partition coefficient (Wildman–Crippen LogP) is 3.22. The van der Waals surface area contributed by atoms with E-state index in [0.29, 0.717) is 28.6 Å². The fourth-order valence-corrected chi connectivity index (χ4v) is 1.78. The fraction of sp³-hybridized carbons (Fsp3) is 0.385. The fourth-order valence-electron chi connectivity index (χ4n) is 1.48. The van der Waals surface area contributed by atoms with Crippen molar-refractivity contribution in [3.63, 3.8) is 0 Å². The molecule has 0 fully saturated rings. The first-order chi connectivity index (χ1) is 8.90. The van der Waals surface area contributed by atoms with Crippen LogP contribution in [0.4, 0.5) is 0 Å². The number of carboxylic acid groups (broad SMARTS) is 1. The minimum Gasteiger partial charge on any atom is -0.481 e. The molecule has 0 aromatic heterocycles. The summed E-state index contributed by atoms with van der Waals surface area (Å²) in [5, 5.41) is 12.0. The number of carboxylic acids is 1. The number of halogens is 2. The van der Waals surface area contributed by atoms with Crippen LogP contribution in [0.15, 0.2) is 18.2 Å². The Hall–Kier alpha value is -1.26. The number of benzene rings is 1. The van der Waals surface area contributed by atoms with Gasteiger partial charge in [0.05, 0.1) is 10.0 Å². The second-order valence-corrected chi connectivity index (χ2v) is 5.19. The monoisotopic (exact) mass is 303 g/mol. The number of nitrogens with one attached hydrogen (secondary N) is 1. The van der Waals surface area contributed by atoms with E-state index in [0.717, 1.165) is 0 Å². The highest BCUT2D eigenvalue weighted by Gasteiger charge is 2.10. The quantitative estimate of drug-likeness (QED) is 0.848. The molecule has 104 valence electrons. The number of hydrogen-bond acceptors (Lipinski definition) is 2. The molecule has 0 saturated carbocycles. The average molecular weight is 304 g/mol. The van der Waals surface area contributed by atoms with Crippen LogP contribution < -0.4 is 5.32 Å². The Balaban J connectivity index is 2.46. The lowest BCUT2D eigenvalue weighted by molar-refractivity contribution is -0.137. The lowest BCUT2D eigenvalue weighted by Crippen LogP contribution is -2.28. The molecule has 0 saturated heterocycles. The smallest absolute Gasteiger partial charge is 0.303 e. The zero-order valence-electron chi connectivity index (χ0n) is 10.5. The highest BCUT2D eigenvalue weighted by atomic mass is 35.5. The zero-order valence-corrected chi connectivity index (χ0v) is 12.0. The molecule has 1 aromatic carbocycles. The van der Waals surface area contributed by atoms with E-state index in [4.69, 9.17) is 28.3 Å². The van der Waals surface area contributed by atoms with E-state index in [-0.39, 0.29) is 18.2 Å². The van der Waals surface area contributed by atoms with Crippen LogP contribution in [-0.2, 0) is 4.79 Å². The second-order valence-electron chi connectivity index (χ2n) is 4.38. The van der Waals surface area contributed by atoms with Gasteiger partial charge in [-0.2, -0.15) is 0 Å². The van der Waals surface area contributed by atoms with Crippen molar-refractivity contribution in [3.8, 4) is 0 Å². The van der Waals surface area contributed by atoms with Crippen LogP contribution in [-0.4, -0.2) is 23.5 Å². The van der Waals surface area contributed by atoms with Crippen LogP contribution in [0.2, 0.25) is 10.0 Å². The standard InChI is InChI=1S/C13H15Cl2NO3/c1-8(2-5-12(17)18)7-16-13(19)9-3-4-10(14)11(15)6-9/h3-4,6,8H,2,5,7H2,1H3,(H,16,19)(H,17,18). The molecule has 0 radical (unpaired) electrons. The summed E-state index contributed by atoms with van der Waals surface area (Å²) < 4.78 is 0. The first kappa shape index (κ1) is 15.8. The van der Waals surface area contributed by atoms with Gasteiger partial charge in [0.2, 0.25) is 0 Å². The van der Waals surface area contributed by atoms with E-state index >= 15 is 0 Å². The van der Waals surface area contributed by atoms with Crippen LogP contribution in [0.3, 0.4) is 0 Å². The molecule has 19 heavy (non-hydrogen) atoms. The molecule has 1 aromatic rings. The van der Waals surface area contributed by atoms with Crippen LogP contribution in [0, 0.1) is 5.92 Å². The van der Waals surface area contributed by atoms with Crippen molar-refractivity contribution in [2.45, 2.75) is 19.8 Å². The van der Waals surface area contributed by atoms with Gasteiger partial charge < -0.3 is 10.4 Å². The average Bonchev–Trinajstić information content (AvgIpc) is 2.36. The molecule has 0 bridgehead atoms. The van der Waals surface area contributed by atoms with Crippen molar-refractivity contribution in [2.24, 2.45) is 5.92 Å². The van der Waals surface area contributed by atoms with Gasteiger partial charge in [0, 0.05) is 18.5 Å². The molecule has 2 N–H and O–H groups in total. The van der Waals surface area contributed by atoms with Crippen molar-refractivity contribution in [2.75, 3.05) is 6.54 Å². The third-order valence-corrected chi connectivity index (χ3v) is 3.38. The Kier molecular flexibility index (Phi) is 6.12. The first-order valence-electron chi connectivity index (χ1n) is 5.85. The Labute approximate surface area is 121 Å². The predicted molar refractivity (Wildman–Crippen MR) is 74.8 cm³/mol. The van der Waals surface area contributed by atoms with Gasteiger partial charge in [-0.3, -0.25) is 9.59 Å². The van der Waals surface area contributed by atoms with Gasteiger partial charge in [-0.05, 0) is 30.5 Å². The number of carbonyl (C=O) groups is 2. The minimum absolute atomic E-state index is 0.0998. The Morgan fingerprint density at radius 1 is 1.32 bits per heavy atom. The molecule has 1 unspecified atom stereocenters. The SMILES string of the molecule is CC(CCC(=O)O)CNC(=O)c1ccc(Cl)c(Cl)c1. The van der Waals surface area contributed by atoms with E-state index in [1.54, 1.807) is 12.1 Å². The molecule has 6 heteroatoms. The van der Waals surface area contributed by atoms with Crippen LogP contribution in [0.25, 0.3) is 0 Å². The summed E-state index contributed by atoms with van der Waals surface area (Å²) in [5.41, 5.74) is 0.430. The molecule has 1 amide bonds. The maximum absolute atomic E-state index is 11.8. The summed E-state index contributed by atoms with van der Waals surface area (Å²) in [6, 6.07) is 4.65. The maximum Gasteiger partial charge on any atom is 0.303 e. The minimum atomic E-state index is -0.831. The normalized spacial score (nSPS) is 11.9. The van der Waals surface area contributed by atoms with E-state index in [1.165, 1.54) is 6.07 Å². The summed E-state index contributed by atoms with van der Waals surface area (Å²) in [4.78, 5) is 22.2. The Morgan fingerprint density at radius 2 is 2.00 bits per heavy atom. The van der Waals surface area contributed by atoms with Crippen molar-refractivity contribution in [1.82, 2.24) is 5.32 Å². The summed E-state index contributed by atoms with van der Waals surface area (Å²) >= 11 is 11.6. The first-order valence-corrected chi connectivity index (χ1v) is 6.60. The number of amides is 1. The molecule has 1 atom stereocenters. The third kappa shape index (κ3) is 5.49. The highest BCUT2D eigenvalue weighted by Crippen LogP contribution is 2.22. The van der Waals surface area contributed by atoms with Crippen molar-refractivity contribution >= 4 is 35.1 Å². The number of hydrogen-bond donors (Lipinski definition) is 2. The molecule has 4 nitrogen and oxygen atoms in total. The molecular weight excluding hydrogens is 289 g/mol. The molecule has 0 heterocycles. The molecule has 1 rings (SSSR count). The van der Waals surface area contributed by atoms with E-state index in [9.17, 15) is 9.59 Å². The highest BCUT2D eigenvalue weighted by molar-refractivity contribution is 6.42. The molecule has 0 aliphatic carbocycles. The lowest BCUT2D eigenvalue weighted by Gasteiger charge is -2.11. The van der Waals surface area contributed by atoms with E-state index < -0.39 is 5.97 Å². The van der Waals surface area contributed by atoms with Crippen LogP contribution in [0.1, 0.15) is 30.1 Å². The zero-order chi connectivity index (χ0) is 14.4. The van der Waals surface area contributed by atoms with Crippen LogP contribution in [0.5, 0.6) is 0 Å². The second kappa shape index (κ2) is 7.36. The summed E-state index contributed by atoms with van der Waals surface area (Å²) in [6.45, 7) is 2.31. The van der Waals surface area contributed by atoms with Gasteiger partial charge in [-0.25, -0.2) is 0 Å².